The van der Waals surface area contributed by atoms with Crippen LogP contribution in [0.3, 0.4) is 0 Å². The predicted molar refractivity (Wildman–Crippen MR) is 133 cm³/mol. The normalized spacial score (nSPS) is 14.9. The molecule has 1 aliphatic heterocycles. The summed E-state index contributed by atoms with van der Waals surface area (Å²) in [7, 11) is 0. The van der Waals surface area contributed by atoms with Crippen LogP contribution in [0.15, 0.2) is 81.2 Å². The number of nitrogens with zero attached hydrogens (tertiary/aromatic N) is 2. The highest BCUT2D eigenvalue weighted by Crippen LogP contribution is 2.28. The van der Waals surface area contributed by atoms with E-state index in [1.165, 1.54) is 24.3 Å². The zero-order valence-electron chi connectivity index (χ0n) is 17.3. The Bertz CT molecular complexity index is 1390. The number of carbonyl (C=O) groups is 3. The molecule has 0 radical (unpaired) electrons. The van der Waals surface area contributed by atoms with Gasteiger partial charge in [-0.15, -0.1) is 0 Å². The SMILES string of the molecule is O=C1NC(=O)N(c2cccc([N+](=O)[O-])c2)C(=O)/C1=C/c1cc(Br)ccc1Cc1ccccc1Br. The second kappa shape index (κ2) is 9.70. The Balaban J connectivity index is 1.76. The fraction of sp³-hybridized carbons (Fsp3) is 0.0417. The van der Waals surface area contributed by atoms with E-state index < -0.39 is 22.8 Å². The van der Waals surface area contributed by atoms with Gasteiger partial charge in [0.1, 0.15) is 5.57 Å². The molecule has 34 heavy (non-hydrogen) atoms. The Morgan fingerprint density at radius 1 is 0.941 bits per heavy atom. The van der Waals surface area contributed by atoms with Gasteiger partial charge < -0.3 is 0 Å². The van der Waals surface area contributed by atoms with Crippen molar-refractivity contribution in [3.05, 3.63) is 108 Å². The molecule has 3 aromatic carbocycles. The molecular formula is C24H15Br2N3O5. The maximum atomic E-state index is 13.2. The van der Waals surface area contributed by atoms with Crippen LogP contribution in [-0.4, -0.2) is 22.8 Å². The first-order chi connectivity index (χ1) is 16.2. The monoisotopic (exact) mass is 583 g/mol. The number of amides is 4. The van der Waals surface area contributed by atoms with E-state index in [9.17, 15) is 24.5 Å². The number of barbiturate groups is 1. The van der Waals surface area contributed by atoms with Crippen molar-refractivity contribution in [3.8, 4) is 0 Å². The molecule has 170 valence electrons. The minimum atomic E-state index is -0.977. The van der Waals surface area contributed by atoms with E-state index in [4.69, 9.17) is 0 Å². The van der Waals surface area contributed by atoms with Crippen LogP contribution >= 0.6 is 31.9 Å². The van der Waals surface area contributed by atoms with E-state index in [-0.39, 0.29) is 16.9 Å². The van der Waals surface area contributed by atoms with Gasteiger partial charge in [0.15, 0.2) is 0 Å². The van der Waals surface area contributed by atoms with Crippen LogP contribution in [0.25, 0.3) is 6.08 Å². The van der Waals surface area contributed by atoms with Crippen molar-refractivity contribution in [3.63, 3.8) is 0 Å². The van der Waals surface area contributed by atoms with E-state index in [0.29, 0.717) is 16.9 Å². The molecule has 0 saturated carbocycles. The summed E-state index contributed by atoms with van der Waals surface area (Å²) in [6, 6.07) is 17.3. The number of imide groups is 2. The first-order valence-corrected chi connectivity index (χ1v) is 11.5. The van der Waals surface area contributed by atoms with Gasteiger partial charge in [-0.2, -0.15) is 0 Å². The number of hydrogen-bond donors (Lipinski definition) is 1. The molecule has 1 N–H and O–H groups in total. The molecular weight excluding hydrogens is 570 g/mol. The van der Waals surface area contributed by atoms with Crippen molar-refractivity contribution < 1.29 is 19.3 Å². The largest absolute Gasteiger partial charge is 0.335 e. The molecule has 8 nitrogen and oxygen atoms in total. The van der Waals surface area contributed by atoms with Gasteiger partial charge in [-0.05, 0) is 53.5 Å². The molecule has 4 rings (SSSR count). The van der Waals surface area contributed by atoms with Crippen LogP contribution < -0.4 is 10.2 Å². The molecule has 0 aromatic heterocycles. The van der Waals surface area contributed by atoms with Gasteiger partial charge in [0, 0.05) is 21.1 Å². The number of nitro benzene ring substituents is 1. The standard InChI is InChI=1S/C24H15Br2N3O5/c25-17-9-8-14(10-15-4-1-2-7-21(15)26)16(11-17)12-20-22(30)27-24(32)28(23(20)31)18-5-3-6-19(13-18)29(33)34/h1-9,11-13H,10H2,(H,27,30,32)/b20-12+. The molecule has 10 heteroatoms. The fourth-order valence-electron chi connectivity index (χ4n) is 3.50. The number of non-ortho nitro benzene ring substituents is 1. The summed E-state index contributed by atoms with van der Waals surface area (Å²) in [5, 5.41) is 13.3. The van der Waals surface area contributed by atoms with E-state index >= 15 is 0 Å². The Labute approximate surface area is 210 Å². The minimum Gasteiger partial charge on any atom is -0.273 e. The van der Waals surface area contributed by atoms with Crippen molar-refractivity contribution in [2.75, 3.05) is 4.90 Å². The summed E-state index contributed by atoms with van der Waals surface area (Å²) >= 11 is 6.95. The Morgan fingerprint density at radius 2 is 1.71 bits per heavy atom. The van der Waals surface area contributed by atoms with Crippen molar-refractivity contribution >= 4 is 67.2 Å². The van der Waals surface area contributed by atoms with Gasteiger partial charge in [0.25, 0.3) is 17.5 Å². The zero-order chi connectivity index (χ0) is 24.4. The number of halogens is 2. The van der Waals surface area contributed by atoms with Crippen LogP contribution in [0.4, 0.5) is 16.2 Å². The van der Waals surface area contributed by atoms with Gasteiger partial charge in [0.2, 0.25) is 0 Å². The number of nitro groups is 1. The van der Waals surface area contributed by atoms with Crippen LogP contribution in [0.5, 0.6) is 0 Å². The molecule has 0 atom stereocenters. The lowest BCUT2D eigenvalue weighted by Crippen LogP contribution is -2.54. The summed E-state index contributed by atoms with van der Waals surface area (Å²) in [4.78, 5) is 49.5. The van der Waals surface area contributed by atoms with Crippen LogP contribution in [0, 0.1) is 10.1 Å². The molecule has 1 saturated heterocycles. The van der Waals surface area contributed by atoms with Gasteiger partial charge in [-0.1, -0.05) is 62.2 Å². The summed E-state index contributed by atoms with van der Waals surface area (Å²) in [5.74, 6) is -1.72. The summed E-state index contributed by atoms with van der Waals surface area (Å²) < 4.78 is 1.66. The van der Waals surface area contributed by atoms with E-state index in [1.807, 2.05) is 36.4 Å². The number of carbonyl (C=O) groups excluding carboxylic acids is 3. The summed E-state index contributed by atoms with van der Waals surface area (Å²) in [6.07, 6.45) is 1.95. The second-order valence-corrected chi connectivity index (χ2v) is 9.12. The minimum absolute atomic E-state index is 0.0159. The maximum absolute atomic E-state index is 13.2. The fourth-order valence-corrected chi connectivity index (χ4v) is 4.30. The maximum Gasteiger partial charge on any atom is 0.335 e. The first kappa shape index (κ1) is 23.5. The second-order valence-electron chi connectivity index (χ2n) is 7.35. The molecule has 1 aliphatic rings. The summed E-state index contributed by atoms with van der Waals surface area (Å²) in [6.45, 7) is 0. The Morgan fingerprint density at radius 3 is 2.44 bits per heavy atom. The lowest BCUT2D eigenvalue weighted by Gasteiger charge is -2.26. The molecule has 0 aliphatic carbocycles. The topological polar surface area (TPSA) is 110 Å². The third-order valence-corrected chi connectivity index (χ3v) is 6.41. The van der Waals surface area contributed by atoms with Gasteiger partial charge in [0.05, 0.1) is 10.6 Å². The van der Waals surface area contributed by atoms with E-state index in [1.54, 1.807) is 6.07 Å². The first-order valence-electron chi connectivity index (χ1n) is 9.92. The third-order valence-electron chi connectivity index (χ3n) is 5.15. The molecule has 0 spiro atoms. The van der Waals surface area contributed by atoms with Crippen molar-refractivity contribution in [1.29, 1.82) is 0 Å². The predicted octanol–water partition coefficient (Wildman–Crippen LogP) is 5.38. The molecule has 1 heterocycles. The van der Waals surface area contributed by atoms with Gasteiger partial charge in [-0.3, -0.25) is 25.0 Å². The van der Waals surface area contributed by atoms with Crippen molar-refractivity contribution in [1.82, 2.24) is 5.32 Å². The van der Waals surface area contributed by atoms with E-state index in [0.717, 1.165) is 26.1 Å². The van der Waals surface area contributed by atoms with Crippen molar-refractivity contribution in [2.24, 2.45) is 0 Å². The number of rotatable bonds is 5. The number of nitrogens with one attached hydrogen (secondary N) is 1. The highest BCUT2D eigenvalue weighted by Gasteiger charge is 2.37. The van der Waals surface area contributed by atoms with Crippen LogP contribution in [-0.2, 0) is 16.0 Å². The molecule has 1 fully saturated rings. The molecule has 0 bridgehead atoms. The lowest BCUT2D eigenvalue weighted by atomic mass is 9.97. The average Bonchev–Trinajstić information content (AvgIpc) is 2.79. The quantitative estimate of drug-likeness (QED) is 0.187. The number of benzene rings is 3. The van der Waals surface area contributed by atoms with Gasteiger partial charge in [-0.25, -0.2) is 9.69 Å². The van der Waals surface area contributed by atoms with Crippen LogP contribution in [0.1, 0.15) is 16.7 Å². The highest BCUT2D eigenvalue weighted by molar-refractivity contribution is 9.10. The molecule has 4 amide bonds. The number of urea groups is 1. The number of hydrogen-bond acceptors (Lipinski definition) is 5. The molecule has 3 aromatic rings. The van der Waals surface area contributed by atoms with E-state index in [2.05, 4.69) is 37.2 Å². The smallest absolute Gasteiger partial charge is 0.273 e. The Hall–Kier alpha value is -3.63. The third kappa shape index (κ3) is 4.82. The van der Waals surface area contributed by atoms with Crippen LogP contribution in [0.2, 0.25) is 0 Å². The zero-order valence-corrected chi connectivity index (χ0v) is 20.5. The Kier molecular flexibility index (Phi) is 6.71. The highest BCUT2D eigenvalue weighted by atomic mass is 79.9. The lowest BCUT2D eigenvalue weighted by molar-refractivity contribution is -0.384. The van der Waals surface area contributed by atoms with Gasteiger partial charge >= 0.3 is 6.03 Å². The van der Waals surface area contributed by atoms with Crippen molar-refractivity contribution in [2.45, 2.75) is 6.42 Å². The summed E-state index contributed by atoms with van der Waals surface area (Å²) in [5.41, 5.74) is 1.90. The number of anilines is 1. The average molecular weight is 585 g/mol. The molecule has 0 unspecified atom stereocenters.